The third-order valence-corrected chi connectivity index (χ3v) is 3.45. The van der Waals surface area contributed by atoms with Crippen LogP contribution in [0.4, 0.5) is 0 Å². The molecule has 1 atom stereocenters. The highest BCUT2D eigenvalue weighted by Gasteiger charge is 2.29. The van der Waals surface area contributed by atoms with E-state index in [2.05, 4.69) is 17.1 Å². The second-order valence-corrected chi connectivity index (χ2v) is 5.24. The summed E-state index contributed by atoms with van der Waals surface area (Å²) in [7, 11) is 0. The van der Waals surface area contributed by atoms with Gasteiger partial charge in [-0.15, -0.1) is 0 Å². The molecule has 3 rings (SSSR count). The van der Waals surface area contributed by atoms with Gasteiger partial charge in [0.1, 0.15) is 0 Å². The minimum atomic E-state index is -0.376. The van der Waals surface area contributed by atoms with E-state index in [-0.39, 0.29) is 6.10 Å². The second-order valence-electron chi connectivity index (χ2n) is 5.24. The maximum atomic E-state index is 9.92. The molecule has 1 fully saturated rings. The molecular formula is C14H19N3O2. The lowest BCUT2D eigenvalue weighted by molar-refractivity contribution is 0.166. The monoisotopic (exact) mass is 261 g/mol. The van der Waals surface area contributed by atoms with Crippen LogP contribution in [0, 0.1) is 0 Å². The summed E-state index contributed by atoms with van der Waals surface area (Å²) in [6.45, 7) is 2.66. The zero-order chi connectivity index (χ0) is 13.2. The van der Waals surface area contributed by atoms with Gasteiger partial charge in [0.05, 0.1) is 12.6 Å². The van der Waals surface area contributed by atoms with Gasteiger partial charge in [-0.3, -0.25) is 0 Å². The Morgan fingerprint density at radius 1 is 1.53 bits per heavy atom. The maximum Gasteiger partial charge on any atom is 0.229 e. The Labute approximate surface area is 112 Å². The summed E-state index contributed by atoms with van der Waals surface area (Å²) in [4.78, 5) is 4.40. The summed E-state index contributed by atoms with van der Waals surface area (Å²) in [6, 6.07) is 1.95. The quantitative estimate of drug-likeness (QED) is 0.868. The third kappa shape index (κ3) is 2.87. The van der Waals surface area contributed by atoms with Crippen LogP contribution >= 0.6 is 0 Å². The first kappa shape index (κ1) is 12.4. The Hall–Kier alpha value is -1.62. The SMILES string of the molecule is CCCC(O)c1ccn(Cc2noc(C3CC3)n2)c1. The van der Waals surface area contributed by atoms with Crippen LogP contribution in [0.1, 0.15) is 61.9 Å². The van der Waals surface area contributed by atoms with Crippen LogP contribution in [0.25, 0.3) is 0 Å². The van der Waals surface area contributed by atoms with Crippen LogP contribution in [-0.2, 0) is 6.54 Å². The third-order valence-electron chi connectivity index (χ3n) is 3.45. The van der Waals surface area contributed by atoms with Crippen molar-refractivity contribution in [3.8, 4) is 0 Å². The van der Waals surface area contributed by atoms with Crippen molar-refractivity contribution in [1.29, 1.82) is 0 Å². The van der Waals surface area contributed by atoms with E-state index in [1.165, 1.54) is 12.8 Å². The predicted molar refractivity (Wildman–Crippen MR) is 69.7 cm³/mol. The lowest BCUT2D eigenvalue weighted by Crippen LogP contribution is -2.00. The van der Waals surface area contributed by atoms with Crippen molar-refractivity contribution in [3.05, 3.63) is 35.7 Å². The summed E-state index contributed by atoms with van der Waals surface area (Å²) < 4.78 is 7.21. The van der Waals surface area contributed by atoms with E-state index in [9.17, 15) is 5.11 Å². The zero-order valence-electron chi connectivity index (χ0n) is 11.1. The van der Waals surface area contributed by atoms with E-state index in [0.29, 0.717) is 18.3 Å². The summed E-state index contributed by atoms with van der Waals surface area (Å²) in [6.07, 6.45) is 7.62. The molecular weight excluding hydrogens is 242 g/mol. The fourth-order valence-electron chi connectivity index (χ4n) is 2.19. The molecule has 0 saturated heterocycles. The number of aliphatic hydroxyl groups excluding tert-OH is 1. The molecule has 2 aromatic rings. The van der Waals surface area contributed by atoms with Gasteiger partial charge in [-0.1, -0.05) is 18.5 Å². The van der Waals surface area contributed by atoms with Crippen molar-refractivity contribution >= 4 is 0 Å². The normalized spacial score (nSPS) is 16.7. The van der Waals surface area contributed by atoms with Crippen LogP contribution in [0.2, 0.25) is 0 Å². The fraction of sp³-hybridized carbons (Fsp3) is 0.571. The van der Waals surface area contributed by atoms with Gasteiger partial charge in [0.25, 0.3) is 0 Å². The summed E-state index contributed by atoms with van der Waals surface area (Å²) in [5, 5.41) is 13.9. The predicted octanol–water partition coefficient (Wildman–Crippen LogP) is 2.63. The van der Waals surface area contributed by atoms with E-state index in [1.807, 2.05) is 23.0 Å². The topological polar surface area (TPSA) is 64.1 Å². The number of rotatable bonds is 6. The number of aromatic nitrogens is 3. The number of hydrogen-bond acceptors (Lipinski definition) is 4. The highest BCUT2D eigenvalue weighted by atomic mass is 16.5. The van der Waals surface area contributed by atoms with Crippen molar-refractivity contribution in [2.75, 3.05) is 0 Å². The van der Waals surface area contributed by atoms with Gasteiger partial charge in [-0.2, -0.15) is 4.98 Å². The van der Waals surface area contributed by atoms with Gasteiger partial charge in [-0.25, -0.2) is 0 Å². The zero-order valence-corrected chi connectivity index (χ0v) is 11.1. The molecule has 0 spiro atoms. The number of nitrogens with zero attached hydrogens (tertiary/aromatic N) is 3. The van der Waals surface area contributed by atoms with Crippen LogP contribution in [0.3, 0.4) is 0 Å². The van der Waals surface area contributed by atoms with Gasteiger partial charge in [0.15, 0.2) is 5.82 Å². The van der Waals surface area contributed by atoms with Gasteiger partial charge in [-0.05, 0) is 30.9 Å². The molecule has 0 aliphatic heterocycles. The van der Waals surface area contributed by atoms with Gasteiger partial charge in [0.2, 0.25) is 5.89 Å². The molecule has 1 unspecified atom stereocenters. The van der Waals surface area contributed by atoms with E-state index >= 15 is 0 Å². The molecule has 0 bridgehead atoms. The summed E-state index contributed by atoms with van der Waals surface area (Å²) in [5.41, 5.74) is 0.952. The summed E-state index contributed by atoms with van der Waals surface area (Å²) in [5.74, 6) is 1.97. The molecule has 1 saturated carbocycles. The average molecular weight is 261 g/mol. The molecule has 2 heterocycles. The Morgan fingerprint density at radius 3 is 3.11 bits per heavy atom. The second kappa shape index (κ2) is 5.17. The average Bonchev–Trinajstić information content (AvgIpc) is 2.97. The van der Waals surface area contributed by atoms with Crippen LogP contribution in [-0.4, -0.2) is 19.8 Å². The van der Waals surface area contributed by atoms with Gasteiger partial charge < -0.3 is 14.2 Å². The molecule has 102 valence electrons. The highest BCUT2D eigenvalue weighted by molar-refractivity contribution is 5.14. The Morgan fingerprint density at radius 2 is 2.37 bits per heavy atom. The molecule has 2 aromatic heterocycles. The van der Waals surface area contributed by atoms with E-state index in [0.717, 1.165) is 24.3 Å². The van der Waals surface area contributed by atoms with Crippen molar-refractivity contribution in [3.63, 3.8) is 0 Å². The molecule has 0 radical (unpaired) electrons. The Bertz CT molecular complexity index is 542. The first-order valence-corrected chi connectivity index (χ1v) is 6.92. The molecule has 5 heteroatoms. The van der Waals surface area contributed by atoms with E-state index in [1.54, 1.807) is 0 Å². The van der Waals surface area contributed by atoms with Gasteiger partial charge in [0, 0.05) is 18.3 Å². The van der Waals surface area contributed by atoms with Crippen LogP contribution in [0.15, 0.2) is 23.0 Å². The molecule has 1 N–H and O–H groups in total. The minimum absolute atomic E-state index is 0.376. The van der Waals surface area contributed by atoms with Crippen molar-refractivity contribution in [2.45, 2.75) is 51.2 Å². The number of hydrogen-bond donors (Lipinski definition) is 1. The maximum absolute atomic E-state index is 9.92. The first-order chi connectivity index (χ1) is 9.26. The lowest BCUT2D eigenvalue weighted by Gasteiger charge is -2.05. The molecule has 1 aliphatic rings. The Balaban J connectivity index is 1.65. The van der Waals surface area contributed by atoms with Crippen molar-refractivity contribution in [2.24, 2.45) is 0 Å². The fourth-order valence-corrected chi connectivity index (χ4v) is 2.19. The van der Waals surface area contributed by atoms with Gasteiger partial charge >= 0.3 is 0 Å². The molecule has 0 amide bonds. The standard InChI is InChI=1S/C14H19N3O2/c1-2-3-12(18)11-6-7-17(8-11)9-13-15-14(19-16-13)10-4-5-10/h6-8,10,12,18H,2-5,9H2,1H3. The highest BCUT2D eigenvalue weighted by Crippen LogP contribution is 2.38. The smallest absolute Gasteiger partial charge is 0.229 e. The van der Waals surface area contributed by atoms with Crippen LogP contribution < -0.4 is 0 Å². The van der Waals surface area contributed by atoms with E-state index < -0.39 is 0 Å². The molecule has 0 aromatic carbocycles. The van der Waals surface area contributed by atoms with Crippen LogP contribution in [0.5, 0.6) is 0 Å². The molecule has 19 heavy (non-hydrogen) atoms. The first-order valence-electron chi connectivity index (χ1n) is 6.92. The number of aliphatic hydroxyl groups is 1. The van der Waals surface area contributed by atoms with E-state index in [4.69, 9.17) is 4.52 Å². The molecule has 5 nitrogen and oxygen atoms in total. The van der Waals surface area contributed by atoms with Crippen molar-refractivity contribution in [1.82, 2.24) is 14.7 Å². The minimum Gasteiger partial charge on any atom is -0.388 e. The largest absolute Gasteiger partial charge is 0.388 e. The summed E-state index contributed by atoms with van der Waals surface area (Å²) >= 11 is 0. The Kier molecular flexibility index (Phi) is 3.38. The molecule has 1 aliphatic carbocycles. The van der Waals surface area contributed by atoms with Crippen molar-refractivity contribution < 1.29 is 9.63 Å². The lowest BCUT2D eigenvalue weighted by atomic mass is 10.1.